The Morgan fingerprint density at radius 2 is 1.89 bits per heavy atom. The van der Waals surface area contributed by atoms with E-state index in [-0.39, 0.29) is 23.7 Å². The normalized spacial score (nSPS) is 13.1. The first kappa shape index (κ1) is 20.0. The zero-order valence-electron chi connectivity index (χ0n) is 12.3. The van der Waals surface area contributed by atoms with Crippen molar-refractivity contribution >= 4 is 18.3 Å². The molecule has 3 N–H and O–H groups in total. The fourth-order valence-corrected chi connectivity index (χ4v) is 1.21. The molecular formula is C13H29ClN2O2. The van der Waals surface area contributed by atoms with Gasteiger partial charge in [0.05, 0.1) is 6.04 Å². The summed E-state index contributed by atoms with van der Waals surface area (Å²) < 4.78 is 5.42. The fourth-order valence-electron chi connectivity index (χ4n) is 1.21. The summed E-state index contributed by atoms with van der Waals surface area (Å²) in [5.74, 6) is 0.472. The highest BCUT2D eigenvalue weighted by molar-refractivity contribution is 5.85. The van der Waals surface area contributed by atoms with E-state index in [1.165, 1.54) is 0 Å². The van der Waals surface area contributed by atoms with Crippen LogP contribution in [0.15, 0.2) is 0 Å². The van der Waals surface area contributed by atoms with Crippen molar-refractivity contribution in [2.75, 3.05) is 19.8 Å². The Kier molecular flexibility index (Phi) is 10.7. The molecule has 0 aromatic rings. The molecule has 4 nitrogen and oxygen atoms in total. The second kappa shape index (κ2) is 9.59. The number of carbonyl (C=O) groups is 1. The summed E-state index contributed by atoms with van der Waals surface area (Å²) in [5, 5.41) is 2.83. The van der Waals surface area contributed by atoms with Crippen molar-refractivity contribution in [1.82, 2.24) is 5.32 Å². The molecule has 18 heavy (non-hydrogen) atoms. The third-order valence-corrected chi connectivity index (χ3v) is 2.43. The minimum atomic E-state index is -0.459. The van der Waals surface area contributed by atoms with E-state index in [4.69, 9.17) is 10.5 Å². The van der Waals surface area contributed by atoms with Gasteiger partial charge in [0.15, 0.2) is 0 Å². The Morgan fingerprint density at radius 1 is 1.33 bits per heavy atom. The monoisotopic (exact) mass is 280 g/mol. The summed E-state index contributed by atoms with van der Waals surface area (Å²) in [6.45, 7) is 12.2. The van der Waals surface area contributed by atoms with E-state index in [1.807, 2.05) is 20.8 Å². The second-order valence-electron chi connectivity index (χ2n) is 5.96. The average molecular weight is 281 g/mol. The van der Waals surface area contributed by atoms with Gasteiger partial charge < -0.3 is 15.8 Å². The molecule has 0 bridgehead atoms. The van der Waals surface area contributed by atoms with Gasteiger partial charge in [-0.1, -0.05) is 34.6 Å². The van der Waals surface area contributed by atoms with Gasteiger partial charge in [0.2, 0.25) is 5.91 Å². The maximum atomic E-state index is 11.7. The first-order valence-electron chi connectivity index (χ1n) is 6.36. The Morgan fingerprint density at radius 3 is 2.33 bits per heavy atom. The zero-order valence-corrected chi connectivity index (χ0v) is 13.1. The van der Waals surface area contributed by atoms with Crippen molar-refractivity contribution in [2.24, 2.45) is 17.1 Å². The highest BCUT2D eigenvalue weighted by atomic mass is 35.5. The van der Waals surface area contributed by atoms with Crippen LogP contribution in [0.3, 0.4) is 0 Å². The SMILES string of the molecule is CC(C)COCCCNC(=O)[C@@H](N)C(C)(C)C.Cl. The largest absolute Gasteiger partial charge is 0.381 e. The molecule has 0 spiro atoms. The van der Waals surface area contributed by atoms with E-state index in [1.54, 1.807) is 0 Å². The van der Waals surface area contributed by atoms with Crippen LogP contribution in [0, 0.1) is 11.3 Å². The summed E-state index contributed by atoms with van der Waals surface area (Å²) in [6, 6.07) is -0.459. The van der Waals surface area contributed by atoms with E-state index >= 15 is 0 Å². The molecule has 0 aliphatic heterocycles. The number of hydrogen-bond donors (Lipinski definition) is 2. The van der Waals surface area contributed by atoms with Crippen LogP contribution in [-0.4, -0.2) is 31.7 Å². The smallest absolute Gasteiger partial charge is 0.237 e. The van der Waals surface area contributed by atoms with Crippen LogP contribution in [0.1, 0.15) is 41.0 Å². The minimum absolute atomic E-state index is 0. The lowest BCUT2D eigenvalue weighted by Gasteiger charge is -2.25. The van der Waals surface area contributed by atoms with Crippen LogP contribution in [0.5, 0.6) is 0 Å². The lowest BCUT2D eigenvalue weighted by molar-refractivity contribution is -0.124. The molecule has 0 aromatic carbocycles. The average Bonchev–Trinajstić information content (AvgIpc) is 2.19. The second-order valence-corrected chi connectivity index (χ2v) is 5.96. The Bertz CT molecular complexity index is 228. The molecule has 1 atom stereocenters. The van der Waals surface area contributed by atoms with E-state index in [0.29, 0.717) is 19.1 Å². The molecule has 0 fully saturated rings. The number of amides is 1. The van der Waals surface area contributed by atoms with Crippen LogP contribution < -0.4 is 11.1 Å². The quantitative estimate of drug-likeness (QED) is 0.701. The molecule has 0 aliphatic carbocycles. The third kappa shape index (κ3) is 9.68. The van der Waals surface area contributed by atoms with Gasteiger partial charge >= 0.3 is 0 Å². The van der Waals surface area contributed by atoms with E-state index < -0.39 is 6.04 Å². The van der Waals surface area contributed by atoms with Gasteiger partial charge in [-0.05, 0) is 17.8 Å². The van der Waals surface area contributed by atoms with Crippen LogP contribution >= 0.6 is 12.4 Å². The lowest BCUT2D eigenvalue weighted by Crippen LogP contribution is -2.48. The Labute approximate surface area is 117 Å². The van der Waals surface area contributed by atoms with Gasteiger partial charge in [0, 0.05) is 19.8 Å². The number of hydrogen-bond acceptors (Lipinski definition) is 3. The van der Waals surface area contributed by atoms with Crippen molar-refractivity contribution in [3.63, 3.8) is 0 Å². The van der Waals surface area contributed by atoms with E-state index in [0.717, 1.165) is 13.0 Å². The highest BCUT2D eigenvalue weighted by Crippen LogP contribution is 2.16. The van der Waals surface area contributed by atoms with Crippen LogP contribution in [0.25, 0.3) is 0 Å². The molecule has 0 saturated carbocycles. The molecule has 0 radical (unpaired) electrons. The van der Waals surface area contributed by atoms with Crippen molar-refractivity contribution in [1.29, 1.82) is 0 Å². The van der Waals surface area contributed by atoms with E-state index in [9.17, 15) is 4.79 Å². The van der Waals surface area contributed by atoms with Crippen molar-refractivity contribution in [2.45, 2.75) is 47.1 Å². The standard InChI is InChI=1S/C13H28N2O2.ClH/c1-10(2)9-17-8-6-7-15-12(16)11(14)13(3,4)5;/h10-11H,6-9,14H2,1-5H3,(H,15,16);1H/t11-;/m1./s1. The number of halogens is 1. The maximum Gasteiger partial charge on any atom is 0.237 e. The van der Waals surface area contributed by atoms with Gasteiger partial charge in [-0.3, -0.25) is 4.79 Å². The topological polar surface area (TPSA) is 64.3 Å². The number of carbonyl (C=O) groups excluding carboxylic acids is 1. The summed E-state index contributed by atoms with van der Waals surface area (Å²) >= 11 is 0. The van der Waals surface area contributed by atoms with Crippen molar-refractivity contribution < 1.29 is 9.53 Å². The Hall–Kier alpha value is -0.320. The maximum absolute atomic E-state index is 11.7. The van der Waals surface area contributed by atoms with Crippen molar-refractivity contribution in [3.05, 3.63) is 0 Å². The molecule has 0 saturated heterocycles. The molecule has 0 unspecified atom stereocenters. The van der Waals surface area contributed by atoms with Gasteiger partial charge in [0.25, 0.3) is 0 Å². The first-order valence-corrected chi connectivity index (χ1v) is 6.36. The van der Waals surface area contributed by atoms with Crippen molar-refractivity contribution in [3.8, 4) is 0 Å². The molecule has 0 aromatic heterocycles. The predicted octanol–water partition coefficient (Wildman–Crippen LogP) is 1.96. The molecule has 1 amide bonds. The number of nitrogens with two attached hydrogens (primary N) is 1. The summed E-state index contributed by atoms with van der Waals surface area (Å²) in [7, 11) is 0. The van der Waals surface area contributed by atoms with Gasteiger partial charge in [-0.25, -0.2) is 0 Å². The lowest BCUT2D eigenvalue weighted by atomic mass is 9.87. The third-order valence-electron chi connectivity index (χ3n) is 2.43. The summed E-state index contributed by atoms with van der Waals surface area (Å²) in [6.07, 6.45) is 0.829. The number of rotatable bonds is 7. The first-order chi connectivity index (χ1) is 7.75. The van der Waals surface area contributed by atoms with Crippen LogP contribution in [-0.2, 0) is 9.53 Å². The van der Waals surface area contributed by atoms with Gasteiger partial charge in [-0.2, -0.15) is 0 Å². The number of ether oxygens (including phenoxy) is 1. The molecule has 0 heterocycles. The van der Waals surface area contributed by atoms with Gasteiger partial charge in [0.1, 0.15) is 0 Å². The summed E-state index contributed by atoms with van der Waals surface area (Å²) in [5.41, 5.74) is 5.64. The minimum Gasteiger partial charge on any atom is -0.381 e. The fraction of sp³-hybridized carbons (Fsp3) is 0.923. The number of nitrogens with one attached hydrogen (secondary N) is 1. The highest BCUT2D eigenvalue weighted by Gasteiger charge is 2.26. The van der Waals surface area contributed by atoms with Gasteiger partial charge in [-0.15, -0.1) is 12.4 Å². The van der Waals surface area contributed by atoms with Crippen LogP contribution in [0.4, 0.5) is 0 Å². The predicted molar refractivity (Wildman–Crippen MR) is 78.0 cm³/mol. The Balaban J connectivity index is 0. The van der Waals surface area contributed by atoms with Crippen LogP contribution in [0.2, 0.25) is 0 Å². The zero-order chi connectivity index (χ0) is 13.5. The van der Waals surface area contributed by atoms with E-state index in [2.05, 4.69) is 19.2 Å². The summed E-state index contributed by atoms with van der Waals surface area (Å²) in [4.78, 5) is 11.7. The molecular weight excluding hydrogens is 252 g/mol. The molecule has 0 rings (SSSR count). The molecule has 110 valence electrons. The molecule has 0 aliphatic rings. The molecule has 5 heteroatoms.